The first kappa shape index (κ1) is 17.8. The minimum atomic E-state index is -4.36. The lowest BCUT2D eigenvalue weighted by molar-refractivity contribution is -0.138. The highest BCUT2D eigenvalue weighted by Gasteiger charge is 2.33. The lowest BCUT2D eigenvalue weighted by atomic mass is 10.2. The first-order valence-electron chi connectivity index (χ1n) is 7.43. The molecule has 0 atom stereocenters. The van der Waals surface area contributed by atoms with Gasteiger partial charge in [0.2, 0.25) is 0 Å². The zero-order valence-electron chi connectivity index (χ0n) is 12.7. The van der Waals surface area contributed by atoms with Crippen molar-refractivity contribution in [2.24, 2.45) is 0 Å². The molecule has 0 aliphatic heterocycles. The van der Waals surface area contributed by atoms with Crippen LogP contribution in [-0.2, 0) is 6.18 Å². The topological polar surface area (TPSA) is 21.3 Å². The van der Waals surface area contributed by atoms with Gasteiger partial charge in [-0.1, -0.05) is 38.8 Å². The van der Waals surface area contributed by atoms with Crippen LogP contribution in [0.2, 0.25) is 0 Å². The molecule has 0 unspecified atom stereocenters. The number of ether oxygens (including phenoxy) is 1. The third-order valence-corrected chi connectivity index (χ3v) is 3.07. The van der Waals surface area contributed by atoms with Crippen LogP contribution in [0.4, 0.5) is 13.2 Å². The van der Waals surface area contributed by atoms with Crippen LogP contribution in [0.5, 0.6) is 5.75 Å². The first-order valence-corrected chi connectivity index (χ1v) is 7.43. The van der Waals surface area contributed by atoms with E-state index in [0.29, 0.717) is 12.6 Å². The zero-order chi connectivity index (χ0) is 15.7. The Kier molecular flexibility index (Phi) is 7.57. The monoisotopic (exact) mass is 303 g/mol. The van der Waals surface area contributed by atoms with Crippen LogP contribution in [-0.4, -0.2) is 19.2 Å². The van der Waals surface area contributed by atoms with Crippen molar-refractivity contribution in [1.29, 1.82) is 0 Å². The number of halogens is 3. The normalized spacial score (nSPS) is 11.9. The van der Waals surface area contributed by atoms with Crippen LogP contribution in [0.25, 0.3) is 0 Å². The van der Waals surface area contributed by atoms with E-state index in [-0.39, 0.29) is 5.75 Å². The molecule has 0 bridgehead atoms. The molecule has 5 heteroatoms. The molecule has 1 aromatic carbocycles. The third kappa shape index (κ3) is 7.37. The highest BCUT2D eigenvalue weighted by molar-refractivity contribution is 5.35. The standard InChI is InChI=1S/C16H24F3NO/c1-13(2)20-11-7-3-4-8-12-21-15-10-6-5-9-14(15)16(17,18)19/h5-6,9-10,13,20H,3-4,7-8,11-12H2,1-2H3. The van der Waals surface area contributed by atoms with Gasteiger partial charge in [-0.05, 0) is 31.5 Å². The van der Waals surface area contributed by atoms with Crippen molar-refractivity contribution in [2.45, 2.75) is 51.7 Å². The van der Waals surface area contributed by atoms with Crippen molar-refractivity contribution in [2.75, 3.05) is 13.2 Å². The number of alkyl halides is 3. The van der Waals surface area contributed by atoms with Gasteiger partial charge in [-0.15, -0.1) is 0 Å². The van der Waals surface area contributed by atoms with Crippen LogP contribution in [0.3, 0.4) is 0 Å². The molecule has 0 aliphatic carbocycles. The lowest BCUT2D eigenvalue weighted by Crippen LogP contribution is -2.23. The summed E-state index contributed by atoms with van der Waals surface area (Å²) in [6.07, 6.45) is -0.484. The van der Waals surface area contributed by atoms with Gasteiger partial charge in [-0.3, -0.25) is 0 Å². The summed E-state index contributed by atoms with van der Waals surface area (Å²) < 4.78 is 43.5. The van der Waals surface area contributed by atoms with Gasteiger partial charge in [0.15, 0.2) is 0 Å². The maximum atomic E-state index is 12.7. The van der Waals surface area contributed by atoms with Gasteiger partial charge in [0.05, 0.1) is 12.2 Å². The Morgan fingerprint density at radius 2 is 1.71 bits per heavy atom. The van der Waals surface area contributed by atoms with Crippen LogP contribution in [0.15, 0.2) is 24.3 Å². The van der Waals surface area contributed by atoms with Gasteiger partial charge in [-0.2, -0.15) is 13.2 Å². The molecule has 0 amide bonds. The Labute approximate surface area is 124 Å². The molecule has 0 saturated heterocycles. The summed E-state index contributed by atoms with van der Waals surface area (Å²) in [5, 5.41) is 3.33. The number of nitrogens with one attached hydrogen (secondary N) is 1. The minimum absolute atomic E-state index is 0.0773. The third-order valence-electron chi connectivity index (χ3n) is 3.07. The summed E-state index contributed by atoms with van der Waals surface area (Å²) >= 11 is 0. The van der Waals surface area contributed by atoms with Gasteiger partial charge in [-0.25, -0.2) is 0 Å². The van der Waals surface area contributed by atoms with E-state index in [9.17, 15) is 13.2 Å². The molecule has 0 fully saturated rings. The maximum absolute atomic E-state index is 12.7. The molecule has 1 N–H and O–H groups in total. The Morgan fingerprint density at radius 3 is 2.38 bits per heavy atom. The minimum Gasteiger partial charge on any atom is -0.493 e. The SMILES string of the molecule is CC(C)NCCCCCCOc1ccccc1C(F)(F)F. The predicted molar refractivity (Wildman–Crippen MR) is 78.5 cm³/mol. The second-order valence-electron chi connectivity index (χ2n) is 5.37. The molecule has 0 radical (unpaired) electrons. The van der Waals surface area contributed by atoms with Crippen LogP contribution >= 0.6 is 0 Å². The van der Waals surface area contributed by atoms with Crippen molar-refractivity contribution in [3.63, 3.8) is 0 Å². The van der Waals surface area contributed by atoms with Gasteiger partial charge in [0, 0.05) is 6.04 Å². The molecule has 0 aromatic heterocycles. The second-order valence-corrected chi connectivity index (χ2v) is 5.37. The molecule has 1 rings (SSSR count). The molecule has 0 heterocycles. The summed E-state index contributed by atoms with van der Waals surface area (Å²) in [7, 11) is 0. The summed E-state index contributed by atoms with van der Waals surface area (Å²) in [5.74, 6) is -0.0773. The Balaban J connectivity index is 2.22. The highest BCUT2D eigenvalue weighted by Crippen LogP contribution is 2.35. The van der Waals surface area contributed by atoms with E-state index >= 15 is 0 Å². The van der Waals surface area contributed by atoms with E-state index in [1.54, 1.807) is 6.07 Å². The van der Waals surface area contributed by atoms with Gasteiger partial charge in [0.25, 0.3) is 0 Å². The Morgan fingerprint density at radius 1 is 1.05 bits per heavy atom. The number of unbranched alkanes of at least 4 members (excludes halogenated alkanes) is 3. The summed E-state index contributed by atoms with van der Waals surface area (Å²) in [6, 6.07) is 5.84. The van der Waals surface area contributed by atoms with Crippen molar-refractivity contribution in [3.8, 4) is 5.75 Å². The molecule has 120 valence electrons. The molecule has 0 aliphatic rings. The fourth-order valence-electron chi connectivity index (χ4n) is 1.98. The van der Waals surface area contributed by atoms with Crippen LogP contribution < -0.4 is 10.1 Å². The summed E-state index contributed by atoms with van der Waals surface area (Å²) in [6.45, 7) is 5.51. The zero-order valence-corrected chi connectivity index (χ0v) is 12.7. The van der Waals surface area contributed by atoms with Gasteiger partial charge < -0.3 is 10.1 Å². The lowest BCUT2D eigenvalue weighted by Gasteiger charge is -2.13. The largest absolute Gasteiger partial charge is 0.493 e. The average Bonchev–Trinajstić information content (AvgIpc) is 2.41. The number of para-hydroxylation sites is 1. The summed E-state index contributed by atoms with van der Waals surface area (Å²) in [5.41, 5.74) is -0.703. The van der Waals surface area contributed by atoms with Crippen molar-refractivity contribution in [1.82, 2.24) is 5.32 Å². The molecule has 1 aromatic rings. The molecular weight excluding hydrogens is 279 g/mol. The van der Waals surface area contributed by atoms with E-state index in [2.05, 4.69) is 19.2 Å². The highest BCUT2D eigenvalue weighted by atomic mass is 19.4. The fourth-order valence-corrected chi connectivity index (χ4v) is 1.98. The van der Waals surface area contributed by atoms with Crippen LogP contribution in [0, 0.1) is 0 Å². The number of benzene rings is 1. The number of hydrogen-bond acceptors (Lipinski definition) is 2. The maximum Gasteiger partial charge on any atom is 0.419 e. The van der Waals surface area contributed by atoms with Gasteiger partial charge >= 0.3 is 6.18 Å². The van der Waals surface area contributed by atoms with E-state index in [1.807, 2.05) is 0 Å². The molecule has 0 spiro atoms. The second kappa shape index (κ2) is 8.93. The van der Waals surface area contributed by atoms with Crippen molar-refractivity contribution < 1.29 is 17.9 Å². The first-order chi connectivity index (χ1) is 9.91. The van der Waals surface area contributed by atoms with E-state index in [1.165, 1.54) is 12.1 Å². The number of rotatable bonds is 9. The van der Waals surface area contributed by atoms with Gasteiger partial charge in [0.1, 0.15) is 5.75 Å². The fraction of sp³-hybridized carbons (Fsp3) is 0.625. The molecular formula is C16H24F3NO. The average molecular weight is 303 g/mol. The van der Waals surface area contributed by atoms with Crippen molar-refractivity contribution in [3.05, 3.63) is 29.8 Å². The molecule has 0 saturated carbocycles. The Bertz CT molecular complexity index is 405. The quantitative estimate of drug-likeness (QED) is 0.671. The Hall–Kier alpha value is -1.23. The van der Waals surface area contributed by atoms with Crippen molar-refractivity contribution >= 4 is 0 Å². The van der Waals surface area contributed by atoms with E-state index in [0.717, 1.165) is 38.3 Å². The van der Waals surface area contributed by atoms with E-state index in [4.69, 9.17) is 4.74 Å². The molecule has 21 heavy (non-hydrogen) atoms. The van der Waals surface area contributed by atoms with Crippen LogP contribution in [0.1, 0.15) is 45.1 Å². The molecule has 2 nitrogen and oxygen atoms in total. The summed E-state index contributed by atoms with van der Waals surface area (Å²) in [4.78, 5) is 0. The number of hydrogen-bond donors (Lipinski definition) is 1. The predicted octanol–water partition coefficient (Wildman–Crippen LogP) is 4.64. The smallest absolute Gasteiger partial charge is 0.419 e. The van der Waals surface area contributed by atoms with E-state index < -0.39 is 11.7 Å².